The monoisotopic (exact) mass is 293 g/mol. The summed E-state index contributed by atoms with van der Waals surface area (Å²) in [5.74, 6) is -0.0185. The lowest BCUT2D eigenvalue weighted by Crippen LogP contribution is -2.05. The van der Waals surface area contributed by atoms with Crippen molar-refractivity contribution in [2.24, 2.45) is 0 Å². The van der Waals surface area contributed by atoms with E-state index in [1.54, 1.807) is 6.07 Å². The molecule has 0 fully saturated rings. The number of hydrogen-bond acceptors (Lipinski definition) is 4. The van der Waals surface area contributed by atoms with E-state index in [9.17, 15) is 8.78 Å². The maximum absolute atomic E-state index is 13.6. The van der Waals surface area contributed by atoms with E-state index in [1.165, 1.54) is 6.07 Å². The molecule has 6 heteroatoms. The van der Waals surface area contributed by atoms with E-state index in [0.717, 1.165) is 18.6 Å². The molecule has 2 aromatic rings. The minimum absolute atomic E-state index is 0.0694. The molecule has 4 nitrogen and oxygen atoms in total. The second-order valence-corrected chi connectivity index (χ2v) is 4.46. The van der Waals surface area contributed by atoms with Crippen LogP contribution < -0.4 is 10.1 Å². The number of nitrogens with one attached hydrogen (secondary N) is 1. The van der Waals surface area contributed by atoms with Crippen LogP contribution >= 0.6 is 0 Å². The van der Waals surface area contributed by atoms with Crippen LogP contribution in [0.25, 0.3) is 0 Å². The van der Waals surface area contributed by atoms with E-state index in [0.29, 0.717) is 24.6 Å². The minimum Gasteiger partial charge on any atom is -0.436 e. The molecule has 0 aliphatic heterocycles. The lowest BCUT2D eigenvalue weighted by molar-refractivity contribution is 0.421. The zero-order valence-electron chi connectivity index (χ0n) is 12.0. The Morgan fingerprint density at radius 1 is 1.14 bits per heavy atom. The van der Waals surface area contributed by atoms with Crippen molar-refractivity contribution in [3.05, 3.63) is 41.7 Å². The van der Waals surface area contributed by atoms with Gasteiger partial charge in [-0.3, -0.25) is 0 Å². The Bertz CT molecular complexity index is 596. The summed E-state index contributed by atoms with van der Waals surface area (Å²) in [5.41, 5.74) is 0. The largest absolute Gasteiger partial charge is 0.436 e. The van der Waals surface area contributed by atoms with E-state index in [1.807, 2.05) is 13.8 Å². The average molecular weight is 293 g/mol. The molecular weight excluding hydrogens is 276 g/mol. The van der Waals surface area contributed by atoms with Gasteiger partial charge in [0.25, 0.3) is 0 Å². The van der Waals surface area contributed by atoms with E-state index in [2.05, 4.69) is 15.3 Å². The van der Waals surface area contributed by atoms with Gasteiger partial charge in [-0.1, -0.05) is 6.92 Å². The summed E-state index contributed by atoms with van der Waals surface area (Å²) in [4.78, 5) is 8.57. The summed E-state index contributed by atoms with van der Waals surface area (Å²) in [5, 5.41) is 3.07. The van der Waals surface area contributed by atoms with Gasteiger partial charge >= 0.3 is 0 Å². The van der Waals surface area contributed by atoms with Gasteiger partial charge in [-0.2, -0.15) is 4.98 Å². The first-order chi connectivity index (χ1) is 10.1. The number of hydrogen-bond donors (Lipinski definition) is 1. The van der Waals surface area contributed by atoms with Gasteiger partial charge in [-0.25, -0.2) is 13.8 Å². The number of nitrogens with zero attached hydrogens (tertiary/aromatic N) is 2. The van der Waals surface area contributed by atoms with Gasteiger partial charge < -0.3 is 10.1 Å². The Balaban J connectivity index is 2.29. The first-order valence-electron chi connectivity index (χ1n) is 6.87. The zero-order valence-corrected chi connectivity index (χ0v) is 12.0. The quantitative estimate of drug-likeness (QED) is 0.876. The molecule has 1 heterocycles. The fourth-order valence-corrected chi connectivity index (χ4v) is 1.80. The van der Waals surface area contributed by atoms with E-state index in [4.69, 9.17) is 4.74 Å². The maximum Gasteiger partial charge on any atom is 0.224 e. The number of anilines is 1. The van der Waals surface area contributed by atoms with Crippen LogP contribution in [0.4, 0.5) is 14.6 Å². The van der Waals surface area contributed by atoms with Crippen molar-refractivity contribution in [2.45, 2.75) is 26.7 Å². The molecule has 0 aliphatic rings. The van der Waals surface area contributed by atoms with Crippen molar-refractivity contribution in [3.63, 3.8) is 0 Å². The van der Waals surface area contributed by atoms with Crippen LogP contribution in [-0.2, 0) is 6.42 Å². The standard InChI is InChI=1S/C15H17F2N3O/c1-3-5-13-19-14(18-4-2)9-15(20-13)21-12-7-6-10(16)8-11(12)17/h6-9H,3-5H2,1-2H3,(H,18,19,20). The van der Waals surface area contributed by atoms with Crippen LogP contribution in [0.5, 0.6) is 11.6 Å². The van der Waals surface area contributed by atoms with Gasteiger partial charge in [-0.05, 0) is 25.5 Å². The molecule has 2 rings (SSSR count). The number of rotatable bonds is 6. The molecule has 0 atom stereocenters. The number of ether oxygens (including phenoxy) is 1. The summed E-state index contributed by atoms with van der Waals surface area (Å²) in [6, 6.07) is 4.73. The minimum atomic E-state index is -0.768. The van der Waals surface area contributed by atoms with Gasteiger partial charge in [0.05, 0.1) is 0 Å². The predicted molar refractivity (Wildman–Crippen MR) is 76.6 cm³/mol. The van der Waals surface area contributed by atoms with Gasteiger partial charge in [-0.15, -0.1) is 0 Å². The Labute approximate surface area is 122 Å². The molecule has 0 bridgehead atoms. The zero-order chi connectivity index (χ0) is 15.2. The molecule has 0 spiro atoms. The highest BCUT2D eigenvalue weighted by atomic mass is 19.1. The van der Waals surface area contributed by atoms with Crippen LogP contribution in [0.2, 0.25) is 0 Å². The Kier molecular flexibility index (Phi) is 5.03. The summed E-state index contributed by atoms with van der Waals surface area (Å²) in [6.07, 6.45) is 1.58. The lowest BCUT2D eigenvalue weighted by atomic mass is 10.3. The van der Waals surface area contributed by atoms with E-state index in [-0.39, 0.29) is 11.6 Å². The van der Waals surface area contributed by atoms with Crippen molar-refractivity contribution in [1.82, 2.24) is 9.97 Å². The summed E-state index contributed by atoms with van der Waals surface area (Å²) in [6.45, 7) is 4.66. The maximum atomic E-state index is 13.6. The summed E-state index contributed by atoms with van der Waals surface area (Å²) in [7, 11) is 0. The fourth-order valence-electron chi connectivity index (χ4n) is 1.80. The highest BCUT2D eigenvalue weighted by molar-refractivity contribution is 5.40. The van der Waals surface area contributed by atoms with Crippen molar-refractivity contribution in [1.29, 1.82) is 0 Å². The van der Waals surface area contributed by atoms with Crippen LogP contribution in [0, 0.1) is 11.6 Å². The number of aromatic nitrogens is 2. The highest BCUT2D eigenvalue weighted by Gasteiger charge is 2.10. The van der Waals surface area contributed by atoms with Crippen LogP contribution in [0.15, 0.2) is 24.3 Å². The van der Waals surface area contributed by atoms with Gasteiger partial charge in [0.2, 0.25) is 5.88 Å². The van der Waals surface area contributed by atoms with Gasteiger partial charge in [0.15, 0.2) is 11.6 Å². The first kappa shape index (κ1) is 15.2. The third-order valence-electron chi connectivity index (χ3n) is 2.69. The van der Waals surface area contributed by atoms with E-state index < -0.39 is 11.6 Å². The Morgan fingerprint density at radius 3 is 2.62 bits per heavy atom. The van der Waals surface area contributed by atoms with Crippen molar-refractivity contribution in [3.8, 4) is 11.6 Å². The normalized spacial score (nSPS) is 10.5. The third kappa shape index (κ3) is 4.11. The molecule has 0 amide bonds. The fraction of sp³-hybridized carbons (Fsp3) is 0.333. The number of aryl methyl sites for hydroxylation is 1. The van der Waals surface area contributed by atoms with Gasteiger partial charge in [0, 0.05) is 25.1 Å². The molecule has 0 unspecified atom stereocenters. The summed E-state index contributed by atoms with van der Waals surface area (Å²) < 4.78 is 31.9. The second kappa shape index (κ2) is 6.97. The molecule has 1 aromatic carbocycles. The van der Waals surface area contributed by atoms with Gasteiger partial charge in [0.1, 0.15) is 17.5 Å². The third-order valence-corrected chi connectivity index (χ3v) is 2.69. The van der Waals surface area contributed by atoms with Crippen LogP contribution in [0.3, 0.4) is 0 Å². The summed E-state index contributed by atoms with van der Waals surface area (Å²) >= 11 is 0. The first-order valence-corrected chi connectivity index (χ1v) is 6.87. The molecular formula is C15H17F2N3O. The molecule has 21 heavy (non-hydrogen) atoms. The molecule has 1 N–H and O–H groups in total. The van der Waals surface area contributed by atoms with Crippen molar-refractivity contribution >= 4 is 5.82 Å². The predicted octanol–water partition coefficient (Wildman–Crippen LogP) is 3.93. The molecule has 1 aromatic heterocycles. The molecule has 112 valence electrons. The lowest BCUT2D eigenvalue weighted by Gasteiger charge is -2.10. The second-order valence-electron chi connectivity index (χ2n) is 4.46. The van der Waals surface area contributed by atoms with Crippen molar-refractivity contribution < 1.29 is 13.5 Å². The number of benzene rings is 1. The van der Waals surface area contributed by atoms with Crippen LogP contribution in [-0.4, -0.2) is 16.5 Å². The van der Waals surface area contributed by atoms with Crippen LogP contribution in [0.1, 0.15) is 26.1 Å². The highest BCUT2D eigenvalue weighted by Crippen LogP contribution is 2.25. The van der Waals surface area contributed by atoms with E-state index >= 15 is 0 Å². The molecule has 0 aliphatic carbocycles. The average Bonchev–Trinajstić information content (AvgIpc) is 2.42. The SMILES string of the molecule is CCCc1nc(NCC)cc(Oc2ccc(F)cc2F)n1. The van der Waals surface area contributed by atoms with Crippen molar-refractivity contribution in [2.75, 3.05) is 11.9 Å². The molecule has 0 saturated carbocycles. The smallest absolute Gasteiger partial charge is 0.224 e. The number of halogens is 2. The molecule has 0 saturated heterocycles. The topological polar surface area (TPSA) is 47.0 Å². The molecule has 0 radical (unpaired) electrons. The Hall–Kier alpha value is -2.24. The Morgan fingerprint density at radius 2 is 1.95 bits per heavy atom.